The molecule has 0 fully saturated rings. The summed E-state index contributed by atoms with van der Waals surface area (Å²) in [6, 6.07) is 3.71. The van der Waals surface area contributed by atoms with E-state index in [1.54, 1.807) is 6.92 Å². The van der Waals surface area contributed by atoms with E-state index in [1.807, 2.05) is 0 Å². The van der Waals surface area contributed by atoms with Crippen LogP contribution in [0.2, 0.25) is 0 Å². The van der Waals surface area contributed by atoms with Crippen LogP contribution in [0.15, 0.2) is 29.3 Å². The molecule has 0 amide bonds. The van der Waals surface area contributed by atoms with Crippen LogP contribution >= 0.6 is 0 Å². The standard InChI is InChI=1S/C13H11FN2O3/c1-7-11(15-6-16-12(7)17)8-3-9(13(18)19-2)5-10(14)4-8/h3-6H,1-2H3,(H,15,16,17). The highest BCUT2D eigenvalue weighted by molar-refractivity contribution is 5.90. The molecular weight excluding hydrogens is 251 g/mol. The van der Waals surface area contributed by atoms with Crippen LogP contribution in [0, 0.1) is 12.7 Å². The molecule has 1 aromatic heterocycles. The van der Waals surface area contributed by atoms with Gasteiger partial charge in [-0.3, -0.25) is 4.79 Å². The van der Waals surface area contributed by atoms with Crippen molar-refractivity contribution in [3.63, 3.8) is 0 Å². The lowest BCUT2D eigenvalue weighted by molar-refractivity contribution is 0.0600. The molecule has 0 spiro atoms. The zero-order chi connectivity index (χ0) is 14.0. The van der Waals surface area contributed by atoms with E-state index in [-0.39, 0.29) is 11.1 Å². The second-order valence-corrected chi connectivity index (χ2v) is 3.93. The Morgan fingerprint density at radius 3 is 2.79 bits per heavy atom. The molecule has 0 radical (unpaired) electrons. The maximum absolute atomic E-state index is 13.5. The monoisotopic (exact) mass is 262 g/mol. The Bertz CT molecular complexity index is 695. The summed E-state index contributed by atoms with van der Waals surface area (Å²) in [5, 5.41) is 0. The molecule has 0 saturated heterocycles. The quantitative estimate of drug-likeness (QED) is 0.836. The first kappa shape index (κ1) is 12.9. The fraction of sp³-hybridized carbons (Fsp3) is 0.154. The fourth-order valence-electron chi connectivity index (χ4n) is 1.72. The molecule has 98 valence electrons. The number of aromatic nitrogens is 2. The van der Waals surface area contributed by atoms with Crippen LogP contribution in [-0.4, -0.2) is 23.0 Å². The van der Waals surface area contributed by atoms with E-state index < -0.39 is 11.8 Å². The third-order valence-electron chi connectivity index (χ3n) is 2.68. The normalized spacial score (nSPS) is 10.3. The SMILES string of the molecule is COC(=O)c1cc(F)cc(-c2nc[nH]c(=O)c2C)c1. The number of aromatic amines is 1. The van der Waals surface area contributed by atoms with Gasteiger partial charge >= 0.3 is 5.97 Å². The third-order valence-corrected chi connectivity index (χ3v) is 2.68. The number of benzene rings is 1. The van der Waals surface area contributed by atoms with E-state index in [0.29, 0.717) is 16.8 Å². The highest BCUT2D eigenvalue weighted by Gasteiger charge is 2.13. The minimum Gasteiger partial charge on any atom is -0.465 e. The average molecular weight is 262 g/mol. The van der Waals surface area contributed by atoms with E-state index in [2.05, 4.69) is 14.7 Å². The number of carbonyl (C=O) groups excluding carboxylic acids is 1. The topological polar surface area (TPSA) is 72.0 Å². The van der Waals surface area contributed by atoms with Crippen LogP contribution in [0.1, 0.15) is 15.9 Å². The summed E-state index contributed by atoms with van der Waals surface area (Å²) in [7, 11) is 1.21. The number of rotatable bonds is 2. The predicted octanol–water partition coefficient (Wildman–Crippen LogP) is 1.67. The number of hydrogen-bond acceptors (Lipinski definition) is 4. The Kier molecular flexibility index (Phi) is 3.41. The first-order valence-electron chi connectivity index (χ1n) is 5.46. The van der Waals surface area contributed by atoms with Gasteiger partial charge in [-0.25, -0.2) is 14.2 Å². The van der Waals surface area contributed by atoms with Gasteiger partial charge in [0.1, 0.15) is 5.82 Å². The van der Waals surface area contributed by atoms with Crippen molar-refractivity contribution in [1.29, 1.82) is 0 Å². The summed E-state index contributed by atoms with van der Waals surface area (Å²) in [5.41, 5.74) is 0.786. The summed E-state index contributed by atoms with van der Waals surface area (Å²) in [5.74, 6) is -1.25. The molecule has 0 atom stereocenters. The molecule has 1 heterocycles. The number of carbonyl (C=O) groups is 1. The van der Waals surface area contributed by atoms with Crippen LogP contribution in [0.25, 0.3) is 11.3 Å². The van der Waals surface area contributed by atoms with Gasteiger partial charge in [0.15, 0.2) is 0 Å². The maximum Gasteiger partial charge on any atom is 0.337 e. The Morgan fingerprint density at radius 1 is 1.37 bits per heavy atom. The van der Waals surface area contributed by atoms with Crippen LogP contribution in [0.5, 0.6) is 0 Å². The lowest BCUT2D eigenvalue weighted by Crippen LogP contribution is -2.11. The van der Waals surface area contributed by atoms with Gasteiger partial charge < -0.3 is 9.72 Å². The van der Waals surface area contributed by atoms with Crippen LogP contribution in [-0.2, 0) is 4.74 Å². The smallest absolute Gasteiger partial charge is 0.337 e. The molecule has 6 heteroatoms. The van der Waals surface area contributed by atoms with Crippen molar-refractivity contribution in [3.8, 4) is 11.3 Å². The van der Waals surface area contributed by atoms with E-state index in [9.17, 15) is 14.0 Å². The maximum atomic E-state index is 13.5. The molecule has 1 aromatic carbocycles. The second kappa shape index (κ2) is 5.01. The Balaban J connectivity index is 2.63. The molecule has 0 aliphatic heterocycles. The lowest BCUT2D eigenvalue weighted by Gasteiger charge is -2.06. The van der Waals surface area contributed by atoms with Crippen molar-refractivity contribution in [3.05, 3.63) is 51.8 Å². The van der Waals surface area contributed by atoms with Gasteiger partial charge in [-0.2, -0.15) is 0 Å². The van der Waals surface area contributed by atoms with Crippen molar-refractivity contribution >= 4 is 5.97 Å². The molecule has 0 bridgehead atoms. The van der Waals surface area contributed by atoms with Crippen molar-refractivity contribution in [2.75, 3.05) is 7.11 Å². The number of nitrogens with zero attached hydrogens (tertiary/aromatic N) is 1. The molecule has 2 rings (SSSR count). The van der Waals surface area contributed by atoms with Gasteiger partial charge in [0.25, 0.3) is 5.56 Å². The number of halogens is 1. The largest absolute Gasteiger partial charge is 0.465 e. The number of H-pyrrole nitrogens is 1. The fourth-order valence-corrected chi connectivity index (χ4v) is 1.72. The second-order valence-electron chi connectivity index (χ2n) is 3.93. The van der Waals surface area contributed by atoms with E-state index in [0.717, 1.165) is 6.07 Å². The van der Waals surface area contributed by atoms with E-state index in [4.69, 9.17) is 0 Å². The van der Waals surface area contributed by atoms with E-state index in [1.165, 1.54) is 25.6 Å². The number of methoxy groups -OCH3 is 1. The zero-order valence-corrected chi connectivity index (χ0v) is 10.4. The summed E-state index contributed by atoms with van der Waals surface area (Å²) >= 11 is 0. The minimum absolute atomic E-state index is 0.0685. The van der Waals surface area contributed by atoms with Gasteiger partial charge in [0.05, 0.1) is 24.7 Å². The van der Waals surface area contributed by atoms with Gasteiger partial charge in [-0.15, -0.1) is 0 Å². The van der Waals surface area contributed by atoms with Crippen LogP contribution in [0.3, 0.4) is 0 Å². The summed E-state index contributed by atoms with van der Waals surface area (Å²) in [4.78, 5) is 29.3. The number of nitrogens with one attached hydrogen (secondary N) is 1. The molecule has 5 nitrogen and oxygen atoms in total. The molecular formula is C13H11FN2O3. The molecule has 0 aliphatic carbocycles. The van der Waals surface area contributed by atoms with Gasteiger partial charge in [-0.1, -0.05) is 0 Å². The first-order chi connectivity index (χ1) is 9.02. The van der Waals surface area contributed by atoms with Crippen molar-refractivity contribution < 1.29 is 13.9 Å². The molecule has 1 N–H and O–H groups in total. The molecule has 2 aromatic rings. The van der Waals surface area contributed by atoms with Crippen LogP contribution in [0.4, 0.5) is 4.39 Å². The average Bonchev–Trinajstić information content (AvgIpc) is 2.40. The molecule has 0 saturated carbocycles. The molecule has 0 aliphatic rings. The highest BCUT2D eigenvalue weighted by atomic mass is 19.1. The predicted molar refractivity (Wildman–Crippen MR) is 66.3 cm³/mol. The van der Waals surface area contributed by atoms with Crippen molar-refractivity contribution in [1.82, 2.24) is 9.97 Å². The summed E-state index contributed by atoms with van der Waals surface area (Å²) in [6.07, 6.45) is 1.23. The third kappa shape index (κ3) is 2.52. The highest BCUT2D eigenvalue weighted by Crippen LogP contribution is 2.21. The minimum atomic E-state index is -0.650. The van der Waals surface area contributed by atoms with Gasteiger partial charge in [-0.05, 0) is 25.1 Å². The summed E-state index contributed by atoms with van der Waals surface area (Å²) in [6.45, 7) is 1.57. The Labute approximate surface area is 108 Å². The molecule has 19 heavy (non-hydrogen) atoms. The Morgan fingerprint density at radius 2 is 2.11 bits per heavy atom. The van der Waals surface area contributed by atoms with Crippen molar-refractivity contribution in [2.24, 2.45) is 0 Å². The van der Waals surface area contributed by atoms with Gasteiger partial charge in [0, 0.05) is 11.1 Å². The zero-order valence-electron chi connectivity index (χ0n) is 10.4. The Hall–Kier alpha value is -2.50. The first-order valence-corrected chi connectivity index (χ1v) is 5.46. The van der Waals surface area contributed by atoms with Crippen molar-refractivity contribution in [2.45, 2.75) is 6.92 Å². The summed E-state index contributed by atoms with van der Waals surface area (Å²) < 4.78 is 18.1. The lowest BCUT2D eigenvalue weighted by atomic mass is 10.0. The number of ether oxygens (including phenoxy) is 1. The number of hydrogen-bond donors (Lipinski definition) is 1. The van der Waals surface area contributed by atoms with Crippen LogP contribution < -0.4 is 5.56 Å². The van der Waals surface area contributed by atoms with Gasteiger partial charge in [0.2, 0.25) is 0 Å². The molecule has 0 unspecified atom stereocenters. The number of esters is 1. The van der Waals surface area contributed by atoms with E-state index >= 15 is 0 Å².